The summed E-state index contributed by atoms with van der Waals surface area (Å²) in [6, 6.07) is 17.9. The summed E-state index contributed by atoms with van der Waals surface area (Å²) in [6.45, 7) is 2.85. The molecule has 74 heavy (non-hydrogen) atoms. The van der Waals surface area contributed by atoms with E-state index in [1.54, 1.807) is 33.7 Å². The number of nitro groups is 1. The number of ether oxygens (including phenoxy) is 4. The molecule has 0 aliphatic heterocycles. The number of halogens is 4. The lowest BCUT2D eigenvalue weighted by molar-refractivity contribution is -0.383. The van der Waals surface area contributed by atoms with Gasteiger partial charge in [0.15, 0.2) is 14.9 Å². The number of para-hydroxylation sites is 1. The molecule has 0 atom stereocenters. The van der Waals surface area contributed by atoms with Crippen molar-refractivity contribution in [3.63, 3.8) is 0 Å². The molecule has 0 radical (unpaired) electrons. The Labute approximate surface area is 424 Å². The number of hydrogen-bond acceptors (Lipinski definition) is 21. The largest absolute Gasteiger partial charge is 0.481 e. The number of sulfone groups is 1. The number of pyridine rings is 1. The predicted octanol–water partition coefficient (Wildman–Crippen LogP) is 6.01. The number of nitrogens with one attached hydrogen (secondary N) is 4. The zero-order chi connectivity index (χ0) is 55.0. The van der Waals surface area contributed by atoms with E-state index >= 15 is 0 Å². The van der Waals surface area contributed by atoms with Crippen molar-refractivity contribution in [1.82, 2.24) is 39.3 Å². The summed E-state index contributed by atoms with van der Waals surface area (Å²) < 4.78 is 135. The maximum absolute atomic E-state index is 12.5. The Morgan fingerprint density at radius 1 is 0.757 bits per heavy atom. The molecule has 0 unspecified atom stereocenters. The molecule has 0 fully saturated rings. The average Bonchev–Trinajstić information content (AvgIpc) is 3.34. The average molecular weight is 1120 g/mol. The summed E-state index contributed by atoms with van der Waals surface area (Å²) in [5, 5.41) is 14.1. The van der Waals surface area contributed by atoms with Gasteiger partial charge >= 0.3 is 24.2 Å². The number of urea groups is 2. The van der Waals surface area contributed by atoms with E-state index in [9.17, 15) is 58.1 Å². The highest BCUT2D eigenvalue weighted by atomic mass is 35.5. The minimum atomic E-state index is -4.61. The number of aryl methyl sites for hydroxylation is 2. The number of hydrogen-bond donors (Lipinski definition) is 5. The zero-order valence-electron chi connectivity index (χ0n) is 38.9. The smallest absolute Gasteiger partial charge is 0.389 e. The fourth-order valence-electron chi connectivity index (χ4n) is 5.51. The number of anilines is 3. The van der Waals surface area contributed by atoms with Crippen LogP contribution in [0.1, 0.15) is 24.7 Å². The quantitative estimate of drug-likeness (QED) is 0.0421. The van der Waals surface area contributed by atoms with Crippen molar-refractivity contribution < 1.29 is 71.9 Å². The Balaban J connectivity index is 0.000000246. The van der Waals surface area contributed by atoms with Gasteiger partial charge in [0.25, 0.3) is 25.7 Å². The van der Waals surface area contributed by atoms with Crippen LogP contribution in [0.3, 0.4) is 0 Å². The van der Waals surface area contributed by atoms with Gasteiger partial charge in [-0.05, 0) is 55.3 Å². The molecule has 3 aromatic heterocycles. The number of aromatic nitrogens is 6. The topological polar surface area (TPSA) is 368 Å². The zero-order valence-corrected chi connectivity index (χ0v) is 42.1. The van der Waals surface area contributed by atoms with Crippen LogP contribution in [0.25, 0.3) is 0 Å². The molecule has 0 aliphatic carbocycles. The Kier molecular flexibility index (Phi) is 20.0. The lowest BCUT2D eigenvalue weighted by Gasteiger charge is -2.13. The summed E-state index contributed by atoms with van der Waals surface area (Å²) in [5.41, 5.74) is 5.18. The Bertz CT molecular complexity index is 3310. The van der Waals surface area contributed by atoms with Crippen LogP contribution in [0.2, 0.25) is 5.02 Å². The molecule has 396 valence electrons. The van der Waals surface area contributed by atoms with E-state index in [0.29, 0.717) is 5.75 Å². The van der Waals surface area contributed by atoms with Crippen LogP contribution in [0.5, 0.6) is 29.3 Å². The normalized spacial score (nSPS) is 11.3. The number of alkyl halides is 3. The molecule has 3 aromatic carbocycles. The third-order valence-electron chi connectivity index (χ3n) is 8.85. The summed E-state index contributed by atoms with van der Waals surface area (Å²) in [7, 11) is -8.99. The molecule has 6 N–H and O–H groups in total. The van der Waals surface area contributed by atoms with Gasteiger partial charge in [0.2, 0.25) is 23.7 Å². The van der Waals surface area contributed by atoms with Crippen LogP contribution >= 0.6 is 11.6 Å². The molecule has 0 spiro atoms. The molecule has 3 heterocycles. The summed E-state index contributed by atoms with van der Waals surface area (Å²) in [5.74, 6) is 0.289. The first-order chi connectivity index (χ1) is 34.7. The van der Waals surface area contributed by atoms with Gasteiger partial charge in [-0.2, -0.15) is 46.5 Å². The molecule has 0 bridgehead atoms. The van der Waals surface area contributed by atoms with Gasteiger partial charge in [0.1, 0.15) is 32.9 Å². The third kappa shape index (κ3) is 16.9. The highest BCUT2D eigenvalue weighted by Gasteiger charge is 2.30. The minimum Gasteiger partial charge on any atom is -0.481 e. The lowest BCUT2D eigenvalue weighted by atomic mass is 10.1. The maximum atomic E-state index is 12.5. The number of nitrogens with zero attached hydrogens (tertiary/aromatic N) is 7. The van der Waals surface area contributed by atoms with Crippen LogP contribution in [-0.4, -0.2) is 105 Å². The van der Waals surface area contributed by atoms with E-state index in [2.05, 4.69) is 40.5 Å². The maximum Gasteiger partial charge on any atom is 0.389 e. The molecule has 4 amide bonds. The van der Waals surface area contributed by atoms with Gasteiger partial charge in [0, 0.05) is 18.7 Å². The van der Waals surface area contributed by atoms with E-state index in [4.69, 9.17) is 36.3 Å². The van der Waals surface area contributed by atoms with E-state index in [1.165, 1.54) is 77.6 Å². The van der Waals surface area contributed by atoms with Crippen molar-refractivity contribution in [2.45, 2.75) is 47.7 Å². The first-order valence-electron chi connectivity index (χ1n) is 20.4. The Morgan fingerprint density at radius 3 is 1.89 bits per heavy atom. The second kappa shape index (κ2) is 25.4. The highest BCUT2D eigenvalue weighted by molar-refractivity contribution is 7.93. The Morgan fingerprint density at radius 2 is 1.32 bits per heavy atom. The third-order valence-corrected chi connectivity index (χ3v) is 13.8. The number of nitrogen functional groups attached to an aromatic ring is 1. The summed E-state index contributed by atoms with van der Waals surface area (Å²) in [6.07, 6.45) is -5.10. The Hall–Kier alpha value is -8.23. The second-order valence-corrected chi connectivity index (χ2v) is 19.9. The number of nitrogens with two attached hydrogens (primary N) is 1. The minimum absolute atomic E-state index is 0.0352. The van der Waals surface area contributed by atoms with Crippen molar-refractivity contribution in [2.75, 3.05) is 43.4 Å². The van der Waals surface area contributed by atoms with E-state index < -0.39 is 80.7 Å². The first-order valence-corrected chi connectivity index (χ1v) is 25.4. The number of carbonyl (C=O) groups excluding carboxylic acids is 2. The van der Waals surface area contributed by atoms with Gasteiger partial charge in [-0.15, -0.1) is 0 Å². The molecular formula is C41H42ClF3N12O14S3. The van der Waals surface area contributed by atoms with Gasteiger partial charge < -0.3 is 24.7 Å². The first kappa shape index (κ1) is 58.3. The fourth-order valence-corrected chi connectivity index (χ4v) is 9.44. The molecule has 33 heteroatoms. The molecule has 26 nitrogen and oxygen atoms in total. The monoisotopic (exact) mass is 1110 g/mol. The van der Waals surface area contributed by atoms with Crippen molar-refractivity contribution in [2.24, 2.45) is 0 Å². The number of benzene rings is 3. The van der Waals surface area contributed by atoms with Crippen molar-refractivity contribution >= 4 is 76.8 Å². The van der Waals surface area contributed by atoms with Crippen molar-refractivity contribution in [3.8, 4) is 29.3 Å². The molecule has 0 saturated carbocycles. The number of carbonyl (C=O) groups is 2. The number of nitro benzene ring substituents is 1. The predicted molar refractivity (Wildman–Crippen MR) is 257 cm³/mol. The van der Waals surface area contributed by atoms with Crippen LogP contribution < -0.4 is 44.8 Å². The molecule has 0 aliphatic rings. The fraction of sp³-hybridized carbons (Fsp3) is 0.220. The standard InChI is InChI=1S/C15H16F3N5O4S.C14H17N5O7S2.C12H9ClN2O3/c1-9-19-12(22-14(20-9)27-2)21-13(24)23-28(25,26)11-6-4-3-5-10(11)7-8-15(16,17)18;1-4-27(21,22)9-6-5-7-15-12(9)28(23,24)19-14(20)18-13-16-10(25-2)8-11(17-13)26-3;13-11-10(18-8-4-2-1-3-5-8)7-6-9(12(11)14)15(16)17/h3-6H,7-8H2,1-2H3,(H2,19,20,21,22,23,24);5-8H,4H2,1-3H3,(H2,16,17,18,19,20);1-7H,14H2. The van der Waals surface area contributed by atoms with Gasteiger partial charge in [-0.25, -0.2) is 40.9 Å². The number of sulfonamides is 2. The summed E-state index contributed by atoms with van der Waals surface area (Å²) >= 11 is 5.94. The molecule has 6 rings (SSSR count). The van der Waals surface area contributed by atoms with Crippen LogP contribution in [0.15, 0.2) is 106 Å². The van der Waals surface area contributed by atoms with Crippen LogP contribution in [0, 0.1) is 17.0 Å². The molecule has 6 aromatic rings. The van der Waals surface area contributed by atoms with Crippen molar-refractivity contribution in [3.05, 3.63) is 118 Å². The van der Waals surface area contributed by atoms with E-state index in [-0.39, 0.29) is 69.0 Å². The number of amides is 4. The van der Waals surface area contributed by atoms with Gasteiger partial charge in [-0.1, -0.05) is 54.9 Å². The molecular weight excluding hydrogens is 1070 g/mol. The lowest BCUT2D eigenvalue weighted by Crippen LogP contribution is -2.36. The van der Waals surface area contributed by atoms with Crippen molar-refractivity contribution in [1.29, 1.82) is 0 Å². The van der Waals surface area contributed by atoms with Crippen LogP contribution in [0.4, 0.5) is 46.0 Å². The summed E-state index contributed by atoms with van der Waals surface area (Å²) in [4.78, 5) is 55.8. The van der Waals surface area contributed by atoms with E-state index in [0.717, 1.165) is 18.3 Å². The highest BCUT2D eigenvalue weighted by Crippen LogP contribution is 2.39. The van der Waals surface area contributed by atoms with E-state index in [1.807, 2.05) is 6.07 Å². The number of rotatable bonds is 16. The SMILES string of the molecule is CCS(=O)(=O)c1cccnc1S(=O)(=O)NC(=O)Nc1nc(OC)cc(OC)n1.COc1nc(C)nc(NC(=O)NS(=O)(=O)c2ccccc2CCC(F)(F)F)n1.Nc1c([N+](=O)[O-])ccc(Oc2ccccc2)c1Cl. The van der Waals surface area contributed by atoms with Gasteiger partial charge in [0.05, 0.1) is 43.0 Å². The van der Waals surface area contributed by atoms with Crippen LogP contribution in [-0.2, 0) is 36.3 Å². The van der Waals surface area contributed by atoms with Gasteiger partial charge in [-0.3, -0.25) is 20.7 Å². The number of methoxy groups -OCH3 is 3. The molecule has 0 saturated heterocycles. The second-order valence-electron chi connectivity index (χ2n) is 14.0.